The summed E-state index contributed by atoms with van der Waals surface area (Å²) < 4.78 is 0. The van der Waals surface area contributed by atoms with Crippen molar-refractivity contribution in [2.45, 2.75) is 52.3 Å². The van der Waals surface area contributed by atoms with Crippen LogP contribution in [0.4, 0.5) is 11.4 Å². The molecule has 0 spiro atoms. The third-order valence-electron chi connectivity index (χ3n) is 9.22. The number of amides is 1. The van der Waals surface area contributed by atoms with Crippen molar-refractivity contribution >= 4 is 34.8 Å². The molecule has 2 atom stereocenters. The number of carbonyl (C=O) groups is 3. The van der Waals surface area contributed by atoms with Crippen molar-refractivity contribution in [2.24, 2.45) is 16.6 Å². The van der Waals surface area contributed by atoms with E-state index in [4.69, 9.17) is 11.1 Å². The highest BCUT2D eigenvalue weighted by molar-refractivity contribution is 6.25. The number of phenols is 1. The van der Waals surface area contributed by atoms with Crippen molar-refractivity contribution in [1.29, 1.82) is 5.41 Å². The van der Waals surface area contributed by atoms with E-state index in [2.05, 4.69) is 10.6 Å². The lowest BCUT2D eigenvalue weighted by Crippen LogP contribution is -2.66. The Morgan fingerprint density at radius 2 is 1.66 bits per heavy atom. The molecule has 252 valence electrons. The average molecular weight is 649 g/mol. The molecule has 2 aliphatic rings. The average Bonchev–Trinajstić information content (AvgIpc) is 2.95. The quantitative estimate of drug-likeness (QED) is 0.0546. The normalized spacial score (nSPS) is 22.9. The molecule has 9 N–H and O–H groups in total. The van der Waals surface area contributed by atoms with Crippen molar-refractivity contribution in [3.63, 3.8) is 0 Å². The van der Waals surface area contributed by atoms with Crippen LogP contribution in [0.1, 0.15) is 49.2 Å². The Kier molecular flexibility index (Phi) is 8.97. The summed E-state index contributed by atoms with van der Waals surface area (Å²) >= 11 is 0. The lowest BCUT2D eigenvalue weighted by Gasteiger charge is -2.51. The van der Waals surface area contributed by atoms with E-state index in [1.54, 1.807) is 53.0 Å². The summed E-state index contributed by atoms with van der Waals surface area (Å²) in [7, 11) is 6.62. The Bertz CT molecular complexity index is 1730. The number of anilines is 2. The van der Waals surface area contributed by atoms with Crippen LogP contribution in [0.3, 0.4) is 0 Å². The van der Waals surface area contributed by atoms with E-state index in [1.165, 1.54) is 18.7 Å². The number of nitrogens with one attached hydrogen (secondary N) is 3. The van der Waals surface area contributed by atoms with Crippen molar-refractivity contribution in [3.8, 4) is 5.75 Å². The number of hydrogen-bond donors (Lipinski definition) is 8. The van der Waals surface area contributed by atoms with Gasteiger partial charge in [-0.1, -0.05) is 58.0 Å². The third-order valence-corrected chi connectivity index (χ3v) is 9.22. The Labute approximate surface area is 273 Å². The molecule has 4 rings (SSSR count). The number of likely N-dealkylation sites (N-methyl/N-ethyl adjacent to an activating group) is 1. The first-order chi connectivity index (χ1) is 21.7. The summed E-state index contributed by atoms with van der Waals surface area (Å²) in [6, 6.07) is 9.82. The molecule has 13 nitrogen and oxygen atoms in total. The Morgan fingerprint density at radius 3 is 2.19 bits per heavy atom. The van der Waals surface area contributed by atoms with Crippen LogP contribution in [0.2, 0.25) is 0 Å². The van der Waals surface area contributed by atoms with E-state index in [9.17, 15) is 34.8 Å². The van der Waals surface area contributed by atoms with Crippen LogP contribution >= 0.6 is 0 Å². The number of aliphatic hydroxyl groups excluding tert-OH is 2. The van der Waals surface area contributed by atoms with Crippen molar-refractivity contribution < 1.29 is 34.8 Å². The molecule has 2 aliphatic carbocycles. The number of ketones is 2. The molecule has 0 aliphatic heterocycles. The number of fused-ring (bicyclic) bond motifs is 1. The Balaban J connectivity index is 1.90. The highest BCUT2D eigenvalue weighted by atomic mass is 16.3. The minimum absolute atomic E-state index is 0.0363. The highest BCUT2D eigenvalue weighted by Gasteiger charge is 2.65. The van der Waals surface area contributed by atoms with Crippen molar-refractivity contribution in [1.82, 2.24) is 10.2 Å². The molecule has 0 saturated carbocycles. The van der Waals surface area contributed by atoms with Gasteiger partial charge in [-0.3, -0.25) is 24.7 Å². The topological polar surface area (TPSA) is 213 Å². The first-order valence-electron chi connectivity index (χ1n) is 15.0. The number of hydrogen-bond acceptors (Lipinski definition) is 10. The van der Waals surface area contributed by atoms with E-state index in [0.29, 0.717) is 17.8 Å². The van der Waals surface area contributed by atoms with Gasteiger partial charge in [0, 0.05) is 42.7 Å². The Hall–Kier alpha value is -4.88. The predicted molar refractivity (Wildman–Crippen MR) is 179 cm³/mol. The molecule has 1 amide bonds. The van der Waals surface area contributed by atoms with Crippen LogP contribution in [0.25, 0.3) is 0 Å². The molecular formula is C34H44N6O7. The Morgan fingerprint density at radius 1 is 1.06 bits per heavy atom. The fourth-order valence-electron chi connectivity index (χ4n) is 6.96. The van der Waals surface area contributed by atoms with Gasteiger partial charge in [0.25, 0.3) is 5.91 Å². The van der Waals surface area contributed by atoms with Crippen LogP contribution in [0.15, 0.2) is 59.1 Å². The maximum atomic E-state index is 14.5. The predicted octanol–water partition coefficient (Wildman–Crippen LogP) is 2.74. The van der Waals surface area contributed by atoms with E-state index in [0.717, 1.165) is 5.56 Å². The van der Waals surface area contributed by atoms with Gasteiger partial charge in [-0.05, 0) is 37.7 Å². The lowest BCUT2D eigenvalue weighted by atomic mass is 9.58. The molecule has 0 aromatic heterocycles. The van der Waals surface area contributed by atoms with Crippen LogP contribution in [-0.2, 0) is 22.6 Å². The molecule has 2 aromatic rings. The molecule has 47 heavy (non-hydrogen) atoms. The van der Waals surface area contributed by atoms with Crippen LogP contribution < -0.4 is 21.3 Å². The SMILES string of the molecule is CN(C)c1cc(NC(=N)NCc2ccccc2)c(O)c2c1CC(C)(C)/C(=C(/O)[C@]1(O)C(=O)C(C(N)=O)=C(O)C(N(C)C)C1(C)C)C2=O. The van der Waals surface area contributed by atoms with Gasteiger partial charge in [0.2, 0.25) is 5.78 Å². The highest BCUT2D eigenvalue weighted by Crippen LogP contribution is 2.54. The maximum Gasteiger partial charge on any atom is 0.255 e. The van der Waals surface area contributed by atoms with Crippen LogP contribution in [0.5, 0.6) is 5.75 Å². The molecule has 0 bridgehead atoms. The fourth-order valence-corrected chi connectivity index (χ4v) is 6.96. The number of carbonyl (C=O) groups excluding carboxylic acids is 3. The van der Waals surface area contributed by atoms with Gasteiger partial charge in [-0.2, -0.15) is 0 Å². The number of primary amides is 1. The number of phenolic OH excluding ortho intramolecular Hbond substituents is 1. The number of benzene rings is 2. The van der Waals surface area contributed by atoms with Gasteiger partial charge in [0.1, 0.15) is 17.1 Å². The molecule has 2 aromatic carbocycles. The number of rotatable bonds is 7. The first kappa shape index (κ1) is 35.0. The third kappa shape index (κ3) is 5.59. The standard InChI is InChI=1S/C34H44N6O7/c1-32(2)15-18-20(39(5)6)14-19(38-31(36)37-16-17-12-10-9-11-13-17)24(41)21(18)25(42)23(32)29(45)34(47)28(44)22(30(35)46)26(43)27(40(7)8)33(34,3)4/h9-14,27,41,43,45,47H,15-16H2,1-8H3,(H2,35,46)(H3,36,37,38)/b29-23+/t27?,34-/m1/s1. The molecule has 0 radical (unpaired) electrons. The van der Waals surface area contributed by atoms with Crippen molar-refractivity contribution in [2.75, 3.05) is 38.4 Å². The second-order valence-electron chi connectivity index (χ2n) is 13.7. The van der Waals surface area contributed by atoms with E-state index in [1.807, 2.05) is 30.3 Å². The summed E-state index contributed by atoms with van der Waals surface area (Å²) in [6.45, 7) is 6.47. The molecular weight excluding hydrogens is 604 g/mol. The number of Topliss-reactive ketones (excluding diaryl/α,β-unsaturated/α-hetero) is 2. The van der Waals surface area contributed by atoms with Gasteiger partial charge in [0.15, 0.2) is 23.1 Å². The molecule has 0 fully saturated rings. The minimum atomic E-state index is -2.89. The van der Waals surface area contributed by atoms with Crippen LogP contribution in [0, 0.1) is 16.2 Å². The summed E-state index contributed by atoms with van der Waals surface area (Å²) in [5.41, 5.74) is 0.219. The van der Waals surface area contributed by atoms with E-state index < -0.39 is 62.8 Å². The maximum absolute atomic E-state index is 14.5. The zero-order valence-corrected chi connectivity index (χ0v) is 27.9. The second kappa shape index (κ2) is 12.0. The van der Waals surface area contributed by atoms with Crippen LogP contribution in [-0.4, -0.2) is 88.6 Å². The lowest BCUT2D eigenvalue weighted by molar-refractivity contribution is -0.156. The monoisotopic (exact) mass is 648 g/mol. The van der Waals surface area contributed by atoms with Crippen molar-refractivity contribution in [3.05, 3.63) is 75.8 Å². The first-order valence-corrected chi connectivity index (χ1v) is 15.0. The molecule has 0 heterocycles. The summed E-state index contributed by atoms with van der Waals surface area (Å²) in [5, 5.41) is 61.0. The summed E-state index contributed by atoms with van der Waals surface area (Å²) in [6.07, 6.45) is 0.0874. The number of allylic oxidation sites excluding steroid dienone is 1. The van der Waals surface area contributed by atoms with Gasteiger partial charge in [0.05, 0.1) is 17.3 Å². The second-order valence-corrected chi connectivity index (χ2v) is 13.7. The molecule has 1 unspecified atom stereocenters. The van der Waals surface area contributed by atoms with Gasteiger partial charge in [-0.15, -0.1) is 0 Å². The van der Waals surface area contributed by atoms with Gasteiger partial charge >= 0.3 is 0 Å². The summed E-state index contributed by atoms with van der Waals surface area (Å²) in [4.78, 5) is 44.1. The number of guanidine groups is 1. The molecule has 0 saturated heterocycles. The van der Waals surface area contributed by atoms with Gasteiger partial charge < -0.3 is 41.7 Å². The molecule has 13 heteroatoms. The largest absolute Gasteiger partial charge is 0.510 e. The van der Waals surface area contributed by atoms with E-state index >= 15 is 0 Å². The zero-order valence-electron chi connectivity index (χ0n) is 27.9. The number of nitrogens with zero attached hydrogens (tertiary/aromatic N) is 2. The number of aromatic hydroxyl groups is 1. The van der Waals surface area contributed by atoms with E-state index in [-0.39, 0.29) is 29.2 Å². The zero-order chi connectivity index (χ0) is 35.4. The summed E-state index contributed by atoms with van der Waals surface area (Å²) in [5.74, 6) is -5.83. The number of nitrogens with two attached hydrogens (primary N) is 1. The van der Waals surface area contributed by atoms with Gasteiger partial charge in [-0.25, -0.2) is 0 Å². The minimum Gasteiger partial charge on any atom is -0.510 e. The fraction of sp³-hybridized carbons (Fsp3) is 0.412. The smallest absolute Gasteiger partial charge is 0.255 e. The number of aliphatic hydroxyl groups is 3.